The van der Waals surface area contributed by atoms with Crippen LogP contribution in [0.5, 0.6) is 0 Å². The van der Waals surface area contributed by atoms with E-state index in [2.05, 4.69) is 27.1 Å². The standard InChI is InChI=1S/C23H25F2N5S.ClH/c1-17-18(16-27-30(17)23-22(31-2)6-3-7-26-23)5-4-8-28-9-11-29(12-10-28)21-14-19(24)13-20(25)15-21;/h3-7,13-16H,8-12H2,1-2H3;1H. The number of halogens is 3. The van der Waals surface area contributed by atoms with Crippen molar-refractivity contribution in [3.05, 3.63) is 71.7 Å². The highest BCUT2D eigenvalue weighted by molar-refractivity contribution is 7.98. The maximum atomic E-state index is 13.5. The number of aromatic nitrogens is 3. The fourth-order valence-electron chi connectivity index (χ4n) is 3.74. The van der Waals surface area contributed by atoms with Crippen molar-refractivity contribution < 1.29 is 8.78 Å². The van der Waals surface area contributed by atoms with Crippen LogP contribution in [0.4, 0.5) is 14.5 Å². The zero-order valence-corrected chi connectivity index (χ0v) is 19.7. The van der Waals surface area contributed by atoms with Crippen molar-refractivity contribution in [1.82, 2.24) is 19.7 Å². The molecule has 1 aliphatic rings. The molecular weight excluding hydrogens is 452 g/mol. The normalized spacial score (nSPS) is 14.7. The molecular formula is C23H26ClF2N5S. The largest absolute Gasteiger partial charge is 0.369 e. The molecule has 0 saturated carbocycles. The molecule has 3 aromatic rings. The third-order valence-electron chi connectivity index (χ3n) is 5.46. The van der Waals surface area contributed by atoms with Crippen molar-refractivity contribution in [3.63, 3.8) is 0 Å². The van der Waals surface area contributed by atoms with E-state index < -0.39 is 11.6 Å². The van der Waals surface area contributed by atoms with Gasteiger partial charge in [0.25, 0.3) is 0 Å². The van der Waals surface area contributed by atoms with E-state index in [0.717, 1.165) is 60.8 Å². The van der Waals surface area contributed by atoms with Gasteiger partial charge in [0, 0.05) is 56.2 Å². The molecule has 32 heavy (non-hydrogen) atoms. The molecule has 0 atom stereocenters. The number of piperazine rings is 1. The summed E-state index contributed by atoms with van der Waals surface area (Å²) in [6.07, 6.45) is 9.91. The Kier molecular flexibility index (Phi) is 8.28. The number of hydrogen-bond donors (Lipinski definition) is 0. The highest BCUT2D eigenvalue weighted by Crippen LogP contribution is 2.24. The Morgan fingerprint density at radius 2 is 1.81 bits per heavy atom. The predicted octanol–water partition coefficient (Wildman–Crippen LogP) is 4.83. The van der Waals surface area contributed by atoms with Gasteiger partial charge in [-0.3, -0.25) is 4.90 Å². The fraction of sp³-hybridized carbons (Fsp3) is 0.304. The first kappa shape index (κ1) is 24.2. The van der Waals surface area contributed by atoms with Crippen LogP contribution in [0.15, 0.2) is 53.7 Å². The number of nitrogens with zero attached hydrogens (tertiary/aromatic N) is 5. The molecule has 0 unspecified atom stereocenters. The molecule has 0 amide bonds. The Morgan fingerprint density at radius 1 is 1.09 bits per heavy atom. The Labute approximate surface area is 197 Å². The molecule has 4 rings (SSSR count). The lowest BCUT2D eigenvalue weighted by atomic mass is 10.2. The van der Waals surface area contributed by atoms with Crippen molar-refractivity contribution in [2.24, 2.45) is 0 Å². The van der Waals surface area contributed by atoms with Gasteiger partial charge in [-0.1, -0.05) is 12.2 Å². The molecule has 2 aromatic heterocycles. The van der Waals surface area contributed by atoms with Crippen LogP contribution >= 0.6 is 24.2 Å². The molecule has 0 aliphatic carbocycles. The van der Waals surface area contributed by atoms with Gasteiger partial charge in [0.2, 0.25) is 0 Å². The van der Waals surface area contributed by atoms with Gasteiger partial charge in [0.1, 0.15) is 11.6 Å². The van der Waals surface area contributed by atoms with Crippen molar-refractivity contribution in [2.75, 3.05) is 43.9 Å². The van der Waals surface area contributed by atoms with Gasteiger partial charge in [-0.05, 0) is 37.4 Å². The van der Waals surface area contributed by atoms with Gasteiger partial charge in [-0.15, -0.1) is 24.2 Å². The summed E-state index contributed by atoms with van der Waals surface area (Å²) in [6, 6.07) is 7.66. The SMILES string of the molecule is CSc1cccnc1-n1ncc(C=CCN2CCN(c3cc(F)cc(F)c3)CC2)c1C.Cl. The van der Waals surface area contributed by atoms with Crippen LogP contribution in [0, 0.1) is 18.6 Å². The molecule has 1 aromatic carbocycles. The number of rotatable bonds is 6. The summed E-state index contributed by atoms with van der Waals surface area (Å²) in [6.45, 7) is 6.02. The van der Waals surface area contributed by atoms with Crippen LogP contribution in [0.25, 0.3) is 11.9 Å². The van der Waals surface area contributed by atoms with Crippen molar-refractivity contribution in [2.45, 2.75) is 11.8 Å². The quantitative estimate of drug-likeness (QED) is 0.475. The zero-order valence-electron chi connectivity index (χ0n) is 18.0. The summed E-state index contributed by atoms with van der Waals surface area (Å²) < 4.78 is 28.8. The minimum atomic E-state index is -0.536. The second-order valence-corrected chi connectivity index (χ2v) is 8.29. The van der Waals surface area contributed by atoms with Gasteiger partial charge < -0.3 is 4.90 Å². The van der Waals surface area contributed by atoms with Gasteiger partial charge in [-0.25, -0.2) is 18.4 Å². The van der Waals surface area contributed by atoms with Gasteiger partial charge in [0.15, 0.2) is 5.82 Å². The lowest BCUT2D eigenvalue weighted by Gasteiger charge is -2.35. The summed E-state index contributed by atoms with van der Waals surface area (Å²) >= 11 is 1.65. The molecule has 1 saturated heterocycles. The summed E-state index contributed by atoms with van der Waals surface area (Å²) in [4.78, 5) is 9.92. The third kappa shape index (κ3) is 5.49. The monoisotopic (exact) mass is 477 g/mol. The number of anilines is 1. The fourth-order valence-corrected chi connectivity index (χ4v) is 4.28. The molecule has 170 valence electrons. The van der Waals surface area contributed by atoms with Crippen LogP contribution < -0.4 is 4.90 Å². The van der Waals surface area contributed by atoms with E-state index in [0.29, 0.717) is 5.69 Å². The summed E-state index contributed by atoms with van der Waals surface area (Å²) in [5.74, 6) is -0.227. The maximum Gasteiger partial charge on any atom is 0.167 e. The van der Waals surface area contributed by atoms with E-state index in [4.69, 9.17) is 0 Å². The Balaban J connectivity index is 0.00000289. The molecule has 1 aliphatic heterocycles. The highest BCUT2D eigenvalue weighted by atomic mass is 35.5. The molecule has 0 spiro atoms. The van der Waals surface area contributed by atoms with E-state index in [1.807, 2.05) is 41.1 Å². The van der Waals surface area contributed by atoms with Crippen LogP contribution in [0.2, 0.25) is 0 Å². The average molecular weight is 478 g/mol. The van der Waals surface area contributed by atoms with Crippen molar-refractivity contribution in [1.29, 1.82) is 0 Å². The molecule has 0 bridgehead atoms. The Hall–Kier alpha value is -2.42. The second kappa shape index (κ2) is 10.9. The predicted molar refractivity (Wildman–Crippen MR) is 129 cm³/mol. The number of hydrogen-bond acceptors (Lipinski definition) is 5. The van der Waals surface area contributed by atoms with Crippen molar-refractivity contribution in [3.8, 4) is 5.82 Å². The van der Waals surface area contributed by atoms with Crippen LogP contribution in [0.1, 0.15) is 11.3 Å². The first-order valence-electron chi connectivity index (χ1n) is 10.2. The third-order valence-corrected chi connectivity index (χ3v) is 6.22. The van der Waals surface area contributed by atoms with Crippen LogP contribution in [-0.4, -0.2) is 58.6 Å². The topological polar surface area (TPSA) is 37.2 Å². The Morgan fingerprint density at radius 3 is 2.50 bits per heavy atom. The molecule has 5 nitrogen and oxygen atoms in total. The number of thioether (sulfide) groups is 1. The molecule has 3 heterocycles. The van der Waals surface area contributed by atoms with E-state index in [1.165, 1.54) is 12.1 Å². The van der Waals surface area contributed by atoms with Gasteiger partial charge in [0.05, 0.1) is 16.8 Å². The second-order valence-electron chi connectivity index (χ2n) is 7.44. The zero-order chi connectivity index (χ0) is 21.8. The minimum absolute atomic E-state index is 0. The van der Waals surface area contributed by atoms with Gasteiger partial charge in [-0.2, -0.15) is 5.10 Å². The Bertz CT molecular complexity index is 1060. The lowest BCUT2D eigenvalue weighted by molar-refractivity contribution is 0.284. The van der Waals surface area contributed by atoms with Crippen LogP contribution in [-0.2, 0) is 0 Å². The molecule has 9 heteroatoms. The van der Waals surface area contributed by atoms with Gasteiger partial charge >= 0.3 is 0 Å². The minimum Gasteiger partial charge on any atom is -0.369 e. The lowest BCUT2D eigenvalue weighted by Crippen LogP contribution is -2.46. The van der Waals surface area contributed by atoms with E-state index >= 15 is 0 Å². The maximum absolute atomic E-state index is 13.5. The van der Waals surface area contributed by atoms with E-state index in [-0.39, 0.29) is 12.4 Å². The van der Waals surface area contributed by atoms with E-state index in [9.17, 15) is 8.78 Å². The first-order valence-corrected chi connectivity index (χ1v) is 11.4. The summed E-state index contributed by atoms with van der Waals surface area (Å²) in [7, 11) is 0. The summed E-state index contributed by atoms with van der Waals surface area (Å²) in [5.41, 5.74) is 2.71. The highest BCUT2D eigenvalue weighted by Gasteiger charge is 2.17. The number of pyridine rings is 1. The molecule has 0 N–H and O–H groups in total. The first-order chi connectivity index (χ1) is 15.0. The van der Waals surface area contributed by atoms with Crippen LogP contribution in [0.3, 0.4) is 0 Å². The smallest absolute Gasteiger partial charge is 0.167 e. The van der Waals surface area contributed by atoms with E-state index in [1.54, 1.807) is 18.0 Å². The van der Waals surface area contributed by atoms with Crippen molar-refractivity contribution >= 4 is 35.9 Å². The molecule has 1 fully saturated rings. The average Bonchev–Trinajstić information content (AvgIpc) is 3.13. The molecule has 0 radical (unpaired) electrons. The number of benzene rings is 1. The summed E-state index contributed by atoms with van der Waals surface area (Å²) in [5, 5.41) is 4.53.